The molecule has 0 aliphatic carbocycles. The number of hydrogen-bond donors (Lipinski definition) is 3. The molecule has 1 amide bonds. The molecule has 0 spiro atoms. The standard InChI is InChI=1S/C14H12FNO3/c15-11-5-2-6-12(18)13(11)14(19)16-10-4-1-3-9(7-10)8-17/h1-7,17-18H,8H2,(H,16,19). The van der Waals surface area contributed by atoms with Crippen molar-refractivity contribution >= 4 is 11.6 Å². The maximum atomic E-state index is 13.5. The van der Waals surface area contributed by atoms with Gasteiger partial charge in [0.05, 0.1) is 6.61 Å². The molecule has 0 aliphatic rings. The summed E-state index contributed by atoms with van der Waals surface area (Å²) >= 11 is 0. The number of nitrogens with one attached hydrogen (secondary N) is 1. The first-order valence-corrected chi connectivity index (χ1v) is 5.60. The van der Waals surface area contributed by atoms with E-state index in [1.807, 2.05) is 0 Å². The van der Waals surface area contributed by atoms with Gasteiger partial charge in [0.15, 0.2) is 0 Å². The number of aliphatic hydroxyl groups excluding tert-OH is 1. The largest absolute Gasteiger partial charge is 0.507 e. The van der Waals surface area contributed by atoms with E-state index in [0.717, 1.165) is 6.07 Å². The van der Waals surface area contributed by atoms with E-state index in [2.05, 4.69) is 5.32 Å². The van der Waals surface area contributed by atoms with Crippen molar-refractivity contribution in [2.45, 2.75) is 6.61 Å². The van der Waals surface area contributed by atoms with E-state index in [0.29, 0.717) is 11.3 Å². The fourth-order valence-electron chi connectivity index (χ4n) is 1.68. The number of carbonyl (C=O) groups excluding carboxylic acids is 1. The van der Waals surface area contributed by atoms with Crippen molar-refractivity contribution in [2.75, 3.05) is 5.32 Å². The van der Waals surface area contributed by atoms with Crippen LogP contribution in [-0.4, -0.2) is 16.1 Å². The summed E-state index contributed by atoms with van der Waals surface area (Å²) in [5.41, 5.74) is 0.631. The van der Waals surface area contributed by atoms with Crippen LogP contribution in [0.3, 0.4) is 0 Å². The van der Waals surface area contributed by atoms with Crippen molar-refractivity contribution in [3.05, 3.63) is 59.4 Å². The van der Waals surface area contributed by atoms with Gasteiger partial charge < -0.3 is 15.5 Å². The zero-order valence-electron chi connectivity index (χ0n) is 9.93. The Hall–Kier alpha value is -2.40. The number of phenolic OH excluding ortho intramolecular Hbond substituents is 1. The fraction of sp³-hybridized carbons (Fsp3) is 0.0714. The second-order valence-corrected chi connectivity index (χ2v) is 3.95. The molecule has 4 nitrogen and oxygen atoms in total. The summed E-state index contributed by atoms with van der Waals surface area (Å²) in [5.74, 6) is -1.96. The van der Waals surface area contributed by atoms with Gasteiger partial charge in [0.1, 0.15) is 17.1 Å². The van der Waals surface area contributed by atoms with Crippen LogP contribution in [0.15, 0.2) is 42.5 Å². The minimum absolute atomic E-state index is 0.158. The van der Waals surface area contributed by atoms with E-state index >= 15 is 0 Å². The summed E-state index contributed by atoms with van der Waals surface area (Å²) in [7, 11) is 0. The van der Waals surface area contributed by atoms with Crippen LogP contribution in [0.2, 0.25) is 0 Å². The summed E-state index contributed by atoms with van der Waals surface area (Å²) in [6.45, 7) is -0.158. The average Bonchev–Trinajstić information content (AvgIpc) is 2.38. The topological polar surface area (TPSA) is 69.6 Å². The van der Waals surface area contributed by atoms with Crippen LogP contribution in [0.5, 0.6) is 5.75 Å². The predicted octanol–water partition coefficient (Wildman–Crippen LogP) is 2.28. The molecule has 0 aliphatic heterocycles. The molecule has 3 N–H and O–H groups in total. The molecule has 0 saturated carbocycles. The molecule has 2 aromatic rings. The zero-order valence-corrected chi connectivity index (χ0v) is 9.93. The molecule has 0 unspecified atom stereocenters. The Kier molecular flexibility index (Phi) is 3.77. The molecule has 5 heteroatoms. The smallest absolute Gasteiger partial charge is 0.262 e. The molecule has 0 atom stereocenters. The highest BCUT2D eigenvalue weighted by molar-refractivity contribution is 6.06. The number of halogens is 1. The average molecular weight is 261 g/mol. The van der Waals surface area contributed by atoms with Crippen molar-refractivity contribution in [3.63, 3.8) is 0 Å². The maximum Gasteiger partial charge on any atom is 0.262 e. The van der Waals surface area contributed by atoms with E-state index in [-0.39, 0.29) is 6.61 Å². The SMILES string of the molecule is O=C(Nc1cccc(CO)c1)c1c(O)cccc1F. The van der Waals surface area contributed by atoms with Crippen molar-refractivity contribution in [3.8, 4) is 5.75 Å². The minimum Gasteiger partial charge on any atom is -0.507 e. The monoisotopic (exact) mass is 261 g/mol. The molecule has 0 bridgehead atoms. The normalized spacial score (nSPS) is 10.2. The lowest BCUT2D eigenvalue weighted by Crippen LogP contribution is -2.14. The first-order valence-electron chi connectivity index (χ1n) is 5.60. The number of carbonyl (C=O) groups is 1. The third-order valence-electron chi connectivity index (χ3n) is 2.59. The van der Waals surface area contributed by atoms with Gasteiger partial charge >= 0.3 is 0 Å². The highest BCUT2D eigenvalue weighted by atomic mass is 19.1. The van der Waals surface area contributed by atoms with Crippen molar-refractivity contribution < 1.29 is 19.4 Å². The van der Waals surface area contributed by atoms with Crippen LogP contribution in [0.1, 0.15) is 15.9 Å². The summed E-state index contributed by atoms with van der Waals surface area (Å²) in [5, 5.41) is 21.0. The molecule has 98 valence electrons. The van der Waals surface area contributed by atoms with Gasteiger partial charge in [-0.1, -0.05) is 18.2 Å². The van der Waals surface area contributed by atoms with Gasteiger partial charge in [-0.15, -0.1) is 0 Å². The first-order chi connectivity index (χ1) is 9.11. The van der Waals surface area contributed by atoms with Crippen LogP contribution in [-0.2, 0) is 6.61 Å². The summed E-state index contributed by atoms with van der Waals surface area (Å²) in [6.07, 6.45) is 0. The molecule has 0 radical (unpaired) electrons. The summed E-state index contributed by atoms with van der Waals surface area (Å²) in [4.78, 5) is 11.9. The van der Waals surface area contributed by atoms with Crippen molar-refractivity contribution in [1.29, 1.82) is 0 Å². The Morgan fingerprint density at radius 1 is 1.21 bits per heavy atom. The van der Waals surface area contributed by atoms with Crippen LogP contribution in [0, 0.1) is 5.82 Å². The molecule has 0 saturated heterocycles. The lowest BCUT2D eigenvalue weighted by molar-refractivity contribution is 0.102. The Morgan fingerprint density at radius 3 is 2.63 bits per heavy atom. The van der Waals surface area contributed by atoms with Crippen molar-refractivity contribution in [1.82, 2.24) is 0 Å². The molecule has 0 aromatic heterocycles. The summed E-state index contributed by atoms with van der Waals surface area (Å²) in [6, 6.07) is 10.2. The lowest BCUT2D eigenvalue weighted by Gasteiger charge is -2.08. The number of phenols is 1. The third-order valence-corrected chi connectivity index (χ3v) is 2.59. The quantitative estimate of drug-likeness (QED) is 0.793. The molecular weight excluding hydrogens is 249 g/mol. The van der Waals surface area contributed by atoms with Crippen LogP contribution in [0.25, 0.3) is 0 Å². The van der Waals surface area contributed by atoms with Crippen LogP contribution >= 0.6 is 0 Å². The maximum absolute atomic E-state index is 13.5. The lowest BCUT2D eigenvalue weighted by atomic mass is 10.1. The first kappa shape index (κ1) is 13.0. The van der Waals surface area contributed by atoms with Gasteiger partial charge in [-0.05, 0) is 29.8 Å². The van der Waals surface area contributed by atoms with E-state index in [1.54, 1.807) is 24.3 Å². The highest BCUT2D eigenvalue weighted by Crippen LogP contribution is 2.21. The minimum atomic E-state index is -0.796. The molecule has 2 rings (SSSR count). The number of amides is 1. The molecule has 0 fully saturated rings. The Morgan fingerprint density at radius 2 is 1.95 bits per heavy atom. The van der Waals surface area contributed by atoms with Gasteiger partial charge in [-0.25, -0.2) is 4.39 Å². The van der Waals surface area contributed by atoms with Gasteiger partial charge in [0, 0.05) is 5.69 Å². The second kappa shape index (κ2) is 5.49. The molecular formula is C14H12FNO3. The Balaban J connectivity index is 2.26. The number of hydrogen-bond acceptors (Lipinski definition) is 3. The molecule has 19 heavy (non-hydrogen) atoms. The van der Waals surface area contributed by atoms with Gasteiger partial charge in [0.2, 0.25) is 0 Å². The number of aliphatic hydroxyl groups is 1. The number of aromatic hydroxyl groups is 1. The molecule has 0 heterocycles. The number of benzene rings is 2. The van der Waals surface area contributed by atoms with Crippen molar-refractivity contribution in [2.24, 2.45) is 0 Å². The van der Waals surface area contributed by atoms with E-state index in [4.69, 9.17) is 5.11 Å². The predicted molar refractivity (Wildman–Crippen MR) is 68.4 cm³/mol. The fourth-order valence-corrected chi connectivity index (χ4v) is 1.68. The highest BCUT2D eigenvalue weighted by Gasteiger charge is 2.16. The van der Waals surface area contributed by atoms with Gasteiger partial charge in [-0.2, -0.15) is 0 Å². The Bertz CT molecular complexity index is 593. The van der Waals surface area contributed by atoms with Gasteiger partial charge in [0.25, 0.3) is 5.91 Å². The van der Waals surface area contributed by atoms with Gasteiger partial charge in [-0.3, -0.25) is 4.79 Å². The number of rotatable bonds is 3. The summed E-state index contributed by atoms with van der Waals surface area (Å²) < 4.78 is 13.5. The van der Waals surface area contributed by atoms with E-state index in [1.165, 1.54) is 12.1 Å². The van der Waals surface area contributed by atoms with E-state index in [9.17, 15) is 14.3 Å². The molecule has 2 aromatic carbocycles. The number of anilines is 1. The second-order valence-electron chi connectivity index (χ2n) is 3.95. The Labute approximate surface area is 109 Å². The van der Waals surface area contributed by atoms with Crippen LogP contribution < -0.4 is 5.32 Å². The third kappa shape index (κ3) is 2.89. The van der Waals surface area contributed by atoms with Crippen LogP contribution in [0.4, 0.5) is 10.1 Å². The van der Waals surface area contributed by atoms with E-state index < -0.39 is 23.0 Å². The zero-order chi connectivity index (χ0) is 13.8.